The number of aromatic nitrogens is 1. The Morgan fingerprint density at radius 1 is 1.53 bits per heavy atom. The second kappa shape index (κ2) is 5.49. The van der Waals surface area contributed by atoms with Gasteiger partial charge in [-0.2, -0.15) is 0 Å². The minimum absolute atomic E-state index is 0.0236. The maximum absolute atomic E-state index is 13.5. The molecule has 0 saturated heterocycles. The summed E-state index contributed by atoms with van der Waals surface area (Å²) in [6.07, 6.45) is 0. The number of nitrogens with zero attached hydrogens (tertiary/aromatic N) is 1. The molecule has 0 atom stereocenters. The zero-order valence-electron chi connectivity index (χ0n) is 10.1. The van der Waals surface area contributed by atoms with Gasteiger partial charge in [-0.3, -0.25) is 4.79 Å². The van der Waals surface area contributed by atoms with E-state index in [0.29, 0.717) is 5.76 Å². The number of carbonyl (C=O) groups is 1. The molecule has 0 bridgehead atoms. The summed E-state index contributed by atoms with van der Waals surface area (Å²) in [6.45, 7) is 0.205. The highest BCUT2D eigenvalue weighted by atomic mass is 19.1. The number of hydrogen-bond donors (Lipinski definition) is 2. The van der Waals surface area contributed by atoms with Gasteiger partial charge in [-0.15, -0.1) is 0 Å². The summed E-state index contributed by atoms with van der Waals surface area (Å²) in [6, 6.07) is 5.40. The van der Waals surface area contributed by atoms with Crippen LogP contribution in [0.25, 0.3) is 0 Å². The highest BCUT2D eigenvalue weighted by Gasteiger charge is 2.14. The molecule has 19 heavy (non-hydrogen) atoms. The molecule has 1 aromatic carbocycles. The molecule has 1 amide bonds. The van der Waals surface area contributed by atoms with Crippen LogP contribution in [0.2, 0.25) is 0 Å². The van der Waals surface area contributed by atoms with Gasteiger partial charge in [0.1, 0.15) is 12.4 Å². The summed E-state index contributed by atoms with van der Waals surface area (Å²) in [7, 11) is 1.49. The van der Waals surface area contributed by atoms with Gasteiger partial charge in [0.15, 0.2) is 11.5 Å². The molecule has 1 heterocycles. The van der Waals surface area contributed by atoms with E-state index in [1.807, 2.05) is 0 Å². The van der Waals surface area contributed by atoms with E-state index in [-0.39, 0.29) is 23.7 Å². The van der Waals surface area contributed by atoms with Gasteiger partial charge in [-0.25, -0.2) is 4.39 Å². The Kier molecular flexibility index (Phi) is 3.76. The molecule has 2 rings (SSSR count). The monoisotopic (exact) mass is 265 g/mol. The number of amides is 1. The third kappa shape index (κ3) is 3.08. The van der Waals surface area contributed by atoms with E-state index >= 15 is 0 Å². The van der Waals surface area contributed by atoms with Crippen molar-refractivity contribution in [1.29, 1.82) is 0 Å². The number of nitrogens with one attached hydrogen (secondary N) is 1. The number of nitrogens with two attached hydrogens (primary N) is 1. The van der Waals surface area contributed by atoms with E-state index in [1.165, 1.54) is 25.3 Å². The molecule has 0 aliphatic carbocycles. The Morgan fingerprint density at radius 3 is 3.00 bits per heavy atom. The molecule has 0 fully saturated rings. The molecule has 0 aliphatic heterocycles. The van der Waals surface area contributed by atoms with Crippen molar-refractivity contribution in [2.45, 2.75) is 6.61 Å². The van der Waals surface area contributed by atoms with E-state index in [9.17, 15) is 9.18 Å². The predicted molar refractivity (Wildman–Crippen MR) is 66.0 cm³/mol. The first-order valence-corrected chi connectivity index (χ1v) is 5.41. The van der Waals surface area contributed by atoms with Gasteiger partial charge in [-0.1, -0.05) is 5.16 Å². The molecule has 0 aliphatic rings. The number of nitrogen functional groups attached to an aromatic ring is 1. The summed E-state index contributed by atoms with van der Waals surface area (Å²) < 4.78 is 23.2. The Hall–Kier alpha value is -2.41. The van der Waals surface area contributed by atoms with E-state index < -0.39 is 11.7 Å². The van der Waals surface area contributed by atoms with Crippen LogP contribution in [0.3, 0.4) is 0 Å². The SMILES string of the molecule is COCc1cc(C(=O)Nc2ccc(N)cc2F)no1. The fourth-order valence-corrected chi connectivity index (χ4v) is 1.45. The average Bonchev–Trinajstić information content (AvgIpc) is 2.82. The van der Waals surface area contributed by atoms with Crippen molar-refractivity contribution in [1.82, 2.24) is 5.16 Å². The quantitative estimate of drug-likeness (QED) is 0.822. The summed E-state index contributed by atoms with van der Waals surface area (Å²) in [5.41, 5.74) is 5.76. The first-order chi connectivity index (χ1) is 9.10. The van der Waals surface area contributed by atoms with Crippen molar-refractivity contribution in [3.63, 3.8) is 0 Å². The standard InChI is InChI=1S/C12H12FN3O3/c1-18-6-8-5-11(16-19-8)12(17)15-10-3-2-7(14)4-9(10)13/h2-5H,6,14H2,1H3,(H,15,17). The lowest BCUT2D eigenvalue weighted by Crippen LogP contribution is -2.13. The lowest BCUT2D eigenvalue weighted by molar-refractivity contribution is 0.101. The van der Waals surface area contributed by atoms with Gasteiger partial charge in [-0.05, 0) is 18.2 Å². The number of carbonyl (C=O) groups excluding carboxylic acids is 1. The number of halogens is 1. The molecule has 100 valence electrons. The third-order valence-electron chi connectivity index (χ3n) is 2.32. The van der Waals surface area contributed by atoms with Crippen molar-refractivity contribution in [3.8, 4) is 0 Å². The predicted octanol–water partition coefficient (Wildman–Crippen LogP) is 1.79. The summed E-state index contributed by atoms with van der Waals surface area (Å²) in [5, 5.41) is 5.94. The van der Waals surface area contributed by atoms with Gasteiger partial charge in [0.2, 0.25) is 0 Å². The van der Waals surface area contributed by atoms with E-state index in [2.05, 4.69) is 10.5 Å². The smallest absolute Gasteiger partial charge is 0.277 e. The molecule has 7 heteroatoms. The normalized spacial score (nSPS) is 10.4. The second-order valence-electron chi connectivity index (χ2n) is 3.80. The van der Waals surface area contributed by atoms with Gasteiger partial charge < -0.3 is 20.3 Å². The molecular formula is C12H12FN3O3. The largest absolute Gasteiger partial charge is 0.399 e. The maximum atomic E-state index is 13.5. The van der Waals surface area contributed by atoms with E-state index in [4.69, 9.17) is 15.0 Å². The Bertz CT molecular complexity index is 598. The molecule has 3 N–H and O–H groups in total. The first kappa shape index (κ1) is 13.0. The number of rotatable bonds is 4. The van der Waals surface area contributed by atoms with Crippen LogP contribution in [0.1, 0.15) is 16.2 Å². The summed E-state index contributed by atoms with van der Waals surface area (Å²) >= 11 is 0. The highest BCUT2D eigenvalue weighted by Crippen LogP contribution is 2.17. The molecule has 0 unspecified atom stereocenters. The van der Waals surface area contributed by atoms with Gasteiger partial charge in [0, 0.05) is 18.9 Å². The lowest BCUT2D eigenvalue weighted by atomic mass is 10.2. The van der Waals surface area contributed by atoms with Crippen molar-refractivity contribution in [2.75, 3.05) is 18.2 Å². The maximum Gasteiger partial charge on any atom is 0.277 e. The van der Waals surface area contributed by atoms with Crippen LogP contribution < -0.4 is 11.1 Å². The van der Waals surface area contributed by atoms with Crippen LogP contribution in [0.15, 0.2) is 28.8 Å². The van der Waals surface area contributed by atoms with Crippen LogP contribution >= 0.6 is 0 Å². The first-order valence-electron chi connectivity index (χ1n) is 5.41. The van der Waals surface area contributed by atoms with Crippen LogP contribution in [0.4, 0.5) is 15.8 Å². The van der Waals surface area contributed by atoms with E-state index in [0.717, 1.165) is 6.07 Å². The third-order valence-corrected chi connectivity index (χ3v) is 2.32. The summed E-state index contributed by atoms with van der Waals surface area (Å²) in [5.74, 6) is -0.783. The van der Waals surface area contributed by atoms with Gasteiger partial charge >= 0.3 is 0 Å². The molecular weight excluding hydrogens is 253 g/mol. The summed E-state index contributed by atoms with van der Waals surface area (Å²) in [4.78, 5) is 11.8. The van der Waals surface area contributed by atoms with Crippen molar-refractivity contribution in [3.05, 3.63) is 41.5 Å². The molecule has 6 nitrogen and oxygen atoms in total. The minimum Gasteiger partial charge on any atom is -0.399 e. The average molecular weight is 265 g/mol. The van der Waals surface area contributed by atoms with E-state index in [1.54, 1.807) is 0 Å². The molecule has 1 aromatic heterocycles. The van der Waals surface area contributed by atoms with Crippen LogP contribution in [-0.4, -0.2) is 18.2 Å². The highest BCUT2D eigenvalue weighted by molar-refractivity contribution is 6.02. The number of methoxy groups -OCH3 is 1. The van der Waals surface area contributed by atoms with Crippen molar-refractivity contribution >= 4 is 17.3 Å². The minimum atomic E-state index is -0.617. The lowest BCUT2D eigenvalue weighted by Gasteiger charge is -2.04. The Morgan fingerprint density at radius 2 is 2.32 bits per heavy atom. The molecule has 0 spiro atoms. The van der Waals surface area contributed by atoms with Crippen molar-refractivity contribution < 1.29 is 18.4 Å². The number of anilines is 2. The second-order valence-corrected chi connectivity index (χ2v) is 3.80. The van der Waals surface area contributed by atoms with Crippen molar-refractivity contribution in [2.24, 2.45) is 0 Å². The number of hydrogen-bond acceptors (Lipinski definition) is 5. The number of benzene rings is 1. The fourth-order valence-electron chi connectivity index (χ4n) is 1.45. The van der Waals surface area contributed by atoms with Crippen LogP contribution in [0, 0.1) is 5.82 Å². The van der Waals surface area contributed by atoms with Crippen LogP contribution in [0.5, 0.6) is 0 Å². The Balaban J connectivity index is 2.11. The number of ether oxygens (including phenoxy) is 1. The fraction of sp³-hybridized carbons (Fsp3) is 0.167. The zero-order chi connectivity index (χ0) is 13.8. The van der Waals surface area contributed by atoms with Gasteiger partial charge in [0.05, 0.1) is 5.69 Å². The zero-order valence-corrected chi connectivity index (χ0v) is 10.1. The molecule has 2 aromatic rings. The van der Waals surface area contributed by atoms with Gasteiger partial charge in [0.25, 0.3) is 5.91 Å². The molecule has 0 saturated carbocycles. The topological polar surface area (TPSA) is 90.4 Å². The molecule has 0 radical (unpaired) electrons. The van der Waals surface area contributed by atoms with Crippen LogP contribution in [-0.2, 0) is 11.3 Å². The Labute approximate surface area is 108 Å².